The van der Waals surface area contributed by atoms with Crippen molar-refractivity contribution < 1.29 is 24.0 Å². The highest BCUT2D eigenvalue weighted by molar-refractivity contribution is 6.32. The number of hydrogen-bond donors (Lipinski definition) is 2. The van der Waals surface area contributed by atoms with Crippen molar-refractivity contribution in [2.45, 2.75) is 13.0 Å². The number of nitrogens with one attached hydrogen (secondary N) is 2. The summed E-state index contributed by atoms with van der Waals surface area (Å²) in [6, 6.07) is 11.7. The van der Waals surface area contributed by atoms with Gasteiger partial charge in [-0.3, -0.25) is 24.5 Å². The van der Waals surface area contributed by atoms with Crippen LogP contribution in [-0.2, 0) is 14.3 Å². The Hall–Kier alpha value is -3.97. The summed E-state index contributed by atoms with van der Waals surface area (Å²) in [7, 11) is 0. The standard InChI is InChI=1S/C19H15ClN4O6/c1-11(18(26)23-15-5-3-2-4-13(15)9-21)30-17(25)10-22-19(27)12-6-7-14(20)16(8-12)24(28)29/h2-8,11H,10H2,1H3,(H,22,27)(H,23,26). The second-order valence-electron chi connectivity index (χ2n) is 5.88. The number of hydrogen-bond acceptors (Lipinski definition) is 7. The third kappa shape index (κ3) is 5.76. The summed E-state index contributed by atoms with van der Waals surface area (Å²) in [4.78, 5) is 46.3. The van der Waals surface area contributed by atoms with Crippen LogP contribution in [0.15, 0.2) is 42.5 Å². The van der Waals surface area contributed by atoms with Gasteiger partial charge in [-0.25, -0.2) is 0 Å². The van der Waals surface area contributed by atoms with Gasteiger partial charge in [-0.05, 0) is 31.2 Å². The maximum atomic E-state index is 12.1. The van der Waals surface area contributed by atoms with E-state index in [9.17, 15) is 24.5 Å². The van der Waals surface area contributed by atoms with Crippen LogP contribution in [0.5, 0.6) is 0 Å². The summed E-state index contributed by atoms with van der Waals surface area (Å²) in [6.45, 7) is 0.758. The van der Waals surface area contributed by atoms with Crippen molar-refractivity contribution in [2.75, 3.05) is 11.9 Å². The molecular formula is C19H15ClN4O6. The van der Waals surface area contributed by atoms with Crippen molar-refractivity contribution in [1.29, 1.82) is 5.26 Å². The molecule has 11 heteroatoms. The van der Waals surface area contributed by atoms with E-state index in [0.29, 0.717) is 0 Å². The Bertz CT molecular complexity index is 1050. The van der Waals surface area contributed by atoms with Crippen LogP contribution in [0.1, 0.15) is 22.8 Å². The summed E-state index contributed by atoms with van der Waals surface area (Å²) >= 11 is 5.68. The van der Waals surface area contributed by atoms with Gasteiger partial charge < -0.3 is 15.4 Å². The predicted octanol–water partition coefficient (Wildman–Crippen LogP) is 2.42. The second-order valence-corrected chi connectivity index (χ2v) is 6.29. The maximum absolute atomic E-state index is 12.1. The van der Waals surface area contributed by atoms with Crippen LogP contribution in [0, 0.1) is 21.4 Å². The fourth-order valence-electron chi connectivity index (χ4n) is 2.26. The third-order valence-electron chi connectivity index (χ3n) is 3.78. The molecule has 0 fully saturated rings. The van der Waals surface area contributed by atoms with E-state index < -0.39 is 41.0 Å². The fraction of sp³-hybridized carbons (Fsp3) is 0.158. The number of nitro groups is 1. The number of nitrogens with zero attached hydrogens (tertiary/aromatic N) is 2. The number of anilines is 1. The highest BCUT2D eigenvalue weighted by Gasteiger charge is 2.20. The maximum Gasteiger partial charge on any atom is 0.326 e. The van der Waals surface area contributed by atoms with E-state index in [1.54, 1.807) is 12.1 Å². The number of halogens is 1. The number of benzene rings is 2. The molecule has 0 aliphatic carbocycles. The van der Waals surface area contributed by atoms with Gasteiger partial charge in [-0.2, -0.15) is 5.26 Å². The second kappa shape index (κ2) is 9.99. The number of rotatable bonds is 7. The average molecular weight is 431 g/mol. The molecule has 30 heavy (non-hydrogen) atoms. The van der Waals surface area contributed by atoms with Gasteiger partial charge in [0.25, 0.3) is 17.5 Å². The molecule has 0 aromatic heterocycles. The van der Waals surface area contributed by atoms with Crippen LogP contribution in [0.4, 0.5) is 11.4 Å². The molecule has 0 heterocycles. The largest absolute Gasteiger partial charge is 0.451 e. The van der Waals surface area contributed by atoms with Crippen LogP contribution < -0.4 is 10.6 Å². The molecule has 0 radical (unpaired) electrons. The summed E-state index contributed by atoms with van der Waals surface area (Å²) in [5.74, 6) is -2.32. The molecule has 154 valence electrons. The van der Waals surface area contributed by atoms with Crippen LogP contribution in [0.3, 0.4) is 0 Å². The first-order chi connectivity index (χ1) is 14.2. The van der Waals surface area contributed by atoms with E-state index in [-0.39, 0.29) is 21.8 Å². The first-order valence-corrected chi connectivity index (χ1v) is 8.82. The molecule has 0 saturated carbocycles. The van der Waals surface area contributed by atoms with E-state index in [4.69, 9.17) is 21.6 Å². The summed E-state index contributed by atoms with van der Waals surface area (Å²) in [5.41, 5.74) is -0.00753. The van der Waals surface area contributed by atoms with Crippen molar-refractivity contribution in [2.24, 2.45) is 0 Å². The Kier molecular flexibility index (Phi) is 7.44. The van der Waals surface area contributed by atoms with Crippen molar-refractivity contribution in [1.82, 2.24) is 5.32 Å². The van der Waals surface area contributed by atoms with Crippen molar-refractivity contribution in [3.8, 4) is 6.07 Å². The Morgan fingerprint density at radius 3 is 2.63 bits per heavy atom. The minimum atomic E-state index is -1.20. The molecule has 2 N–H and O–H groups in total. The Balaban J connectivity index is 1.90. The number of ether oxygens (including phenoxy) is 1. The summed E-state index contributed by atoms with van der Waals surface area (Å²) in [5, 5.41) is 24.5. The molecule has 1 unspecified atom stereocenters. The molecule has 0 saturated heterocycles. The highest BCUT2D eigenvalue weighted by Crippen LogP contribution is 2.25. The van der Waals surface area contributed by atoms with Gasteiger partial charge >= 0.3 is 5.97 Å². The molecule has 0 aliphatic heterocycles. The van der Waals surface area contributed by atoms with Crippen molar-refractivity contribution in [3.05, 3.63) is 68.7 Å². The number of carbonyl (C=O) groups excluding carboxylic acids is 3. The molecule has 0 aliphatic rings. The minimum Gasteiger partial charge on any atom is -0.451 e. The van der Waals surface area contributed by atoms with Crippen LogP contribution in [-0.4, -0.2) is 35.4 Å². The number of para-hydroxylation sites is 1. The molecule has 1 atom stereocenters. The van der Waals surface area contributed by atoms with Gasteiger partial charge in [0.1, 0.15) is 17.6 Å². The monoisotopic (exact) mass is 430 g/mol. The molecule has 10 nitrogen and oxygen atoms in total. The van der Waals surface area contributed by atoms with Crippen LogP contribution >= 0.6 is 11.6 Å². The molecule has 2 rings (SSSR count). The normalized spacial score (nSPS) is 11.0. The zero-order chi connectivity index (χ0) is 22.3. The molecule has 2 amide bonds. The minimum absolute atomic E-state index is 0.0715. The molecule has 2 aromatic carbocycles. The van der Waals surface area contributed by atoms with Crippen LogP contribution in [0.25, 0.3) is 0 Å². The first kappa shape index (κ1) is 22.3. The van der Waals surface area contributed by atoms with Crippen molar-refractivity contribution in [3.63, 3.8) is 0 Å². The van der Waals surface area contributed by atoms with Gasteiger partial charge in [0.15, 0.2) is 6.10 Å². The lowest BCUT2D eigenvalue weighted by Gasteiger charge is -2.14. The first-order valence-electron chi connectivity index (χ1n) is 8.44. The van der Waals surface area contributed by atoms with Gasteiger partial charge in [0, 0.05) is 11.6 Å². The Morgan fingerprint density at radius 2 is 1.97 bits per heavy atom. The number of nitriles is 1. The van der Waals surface area contributed by atoms with Gasteiger partial charge in [0.2, 0.25) is 0 Å². The Morgan fingerprint density at radius 1 is 1.27 bits per heavy atom. The number of nitro benzene ring substituents is 1. The average Bonchev–Trinajstić information content (AvgIpc) is 2.72. The van der Waals surface area contributed by atoms with Crippen molar-refractivity contribution >= 4 is 40.8 Å². The number of amides is 2. The molecule has 0 bridgehead atoms. The lowest BCUT2D eigenvalue weighted by atomic mass is 10.2. The quantitative estimate of drug-likeness (QED) is 0.388. The summed E-state index contributed by atoms with van der Waals surface area (Å²) in [6.07, 6.45) is -1.20. The zero-order valence-electron chi connectivity index (χ0n) is 15.5. The number of carbonyl (C=O) groups is 3. The van der Waals surface area contributed by atoms with E-state index in [1.807, 2.05) is 6.07 Å². The third-order valence-corrected chi connectivity index (χ3v) is 4.10. The van der Waals surface area contributed by atoms with E-state index in [1.165, 1.54) is 31.2 Å². The number of esters is 1. The zero-order valence-corrected chi connectivity index (χ0v) is 16.3. The van der Waals surface area contributed by atoms with Crippen LogP contribution in [0.2, 0.25) is 5.02 Å². The Labute approximate surface area is 175 Å². The molecule has 0 spiro atoms. The lowest BCUT2D eigenvalue weighted by Crippen LogP contribution is -2.36. The predicted molar refractivity (Wildman–Crippen MR) is 106 cm³/mol. The fourth-order valence-corrected chi connectivity index (χ4v) is 2.45. The van der Waals surface area contributed by atoms with Gasteiger partial charge in [0.05, 0.1) is 16.2 Å². The van der Waals surface area contributed by atoms with Gasteiger partial charge in [-0.1, -0.05) is 23.7 Å². The topological polar surface area (TPSA) is 151 Å². The SMILES string of the molecule is CC(OC(=O)CNC(=O)c1ccc(Cl)c([N+](=O)[O-])c1)C(=O)Nc1ccccc1C#N. The summed E-state index contributed by atoms with van der Waals surface area (Å²) < 4.78 is 4.95. The molecular weight excluding hydrogens is 416 g/mol. The van der Waals surface area contributed by atoms with E-state index in [2.05, 4.69) is 10.6 Å². The van der Waals surface area contributed by atoms with E-state index in [0.717, 1.165) is 6.07 Å². The molecule has 2 aromatic rings. The van der Waals surface area contributed by atoms with Gasteiger partial charge in [-0.15, -0.1) is 0 Å². The lowest BCUT2D eigenvalue weighted by molar-refractivity contribution is -0.384. The highest BCUT2D eigenvalue weighted by atomic mass is 35.5. The van der Waals surface area contributed by atoms with E-state index >= 15 is 0 Å². The smallest absolute Gasteiger partial charge is 0.326 e.